The number of hydrogen-bond donors (Lipinski definition) is 3. The first-order chi connectivity index (χ1) is 13.0. The van der Waals surface area contributed by atoms with E-state index in [1.165, 1.54) is 0 Å². The predicted octanol–water partition coefficient (Wildman–Crippen LogP) is 1.81. The molecule has 27 heavy (non-hydrogen) atoms. The van der Waals surface area contributed by atoms with Gasteiger partial charge in [-0.1, -0.05) is 0 Å². The molecular weight excluding hydrogens is 344 g/mol. The second-order valence-electron chi connectivity index (χ2n) is 7.61. The average Bonchev–Trinajstić information content (AvgIpc) is 3.05. The van der Waals surface area contributed by atoms with E-state index in [-0.39, 0.29) is 17.7 Å². The highest BCUT2D eigenvalue weighted by atomic mass is 16.3. The van der Waals surface area contributed by atoms with Gasteiger partial charge in [-0.3, -0.25) is 9.78 Å². The number of benzene rings is 1. The van der Waals surface area contributed by atoms with Crippen LogP contribution in [0.3, 0.4) is 0 Å². The van der Waals surface area contributed by atoms with Gasteiger partial charge in [-0.15, -0.1) is 0 Å². The number of aromatic nitrogens is 2. The first-order valence-corrected chi connectivity index (χ1v) is 9.31. The van der Waals surface area contributed by atoms with E-state index in [0.29, 0.717) is 42.7 Å². The molecule has 142 valence electrons. The molecular formula is C20H24N4O3. The number of aliphatic hydroxyl groups is 1. The van der Waals surface area contributed by atoms with Gasteiger partial charge in [-0.05, 0) is 55.4 Å². The van der Waals surface area contributed by atoms with Crippen LogP contribution in [-0.2, 0) is 0 Å². The summed E-state index contributed by atoms with van der Waals surface area (Å²) in [6, 6.07) is 4.75. The van der Waals surface area contributed by atoms with Gasteiger partial charge in [0.15, 0.2) is 0 Å². The van der Waals surface area contributed by atoms with Gasteiger partial charge in [-0.2, -0.15) is 0 Å². The number of rotatable bonds is 3. The Morgan fingerprint density at radius 2 is 2.00 bits per heavy atom. The summed E-state index contributed by atoms with van der Waals surface area (Å²) in [6.07, 6.45) is 5.87. The van der Waals surface area contributed by atoms with Crippen molar-refractivity contribution in [3.05, 3.63) is 47.9 Å². The molecule has 0 spiro atoms. The molecule has 0 unspecified atom stereocenters. The molecule has 1 saturated carbocycles. The lowest BCUT2D eigenvalue weighted by Crippen LogP contribution is -2.43. The Morgan fingerprint density at radius 3 is 2.70 bits per heavy atom. The molecule has 4 rings (SSSR count). The summed E-state index contributed by atoms with van der Waals surface area (Å²) in [7, 11) is 0. The molecule has 1 saturated heterocycles. The highest BCUT2D eigenvalue weighted by Gasteiger charge is 2.43. The molecule has 7 heteroatoms. The zero-order valence-electron chi connectivity index (χ0n) is 15.2. The number of hydrogen-bond acceptors (Lipinski definition) is 6. The van der Waals surface area contributed by atoms with E-state index >= 15 is 0 Å². The molecule has 0 radical (unpaired) electrons. The molecule has 1 aliphatic carbocycles. The largest absolute Gasteiger partial charge is 0.508 e. The number of anilines is 1. The number of aromatic hydroxyl groups is 1. The summed E-state index contributed by atoms with van der Waals surface area (Å²) in [5.41, 5.74) is 1.40. The number of nitrogens with zero attached hydrogens (tertiary/aromatic N) is 3. The van der Waals surface area contributed by atoms with Gasteiger partial charge < -0.3 is 20.4 Å². The van der Waals surface area contributed by atoms with Gasteiger partial charge >= 0.3 is 0 Å². The fraction of sp³-hybridized carbons (Fsp3) is 0.450. The minimum Gasteiger partial charge on any atom is -0.508 e. The van der Waals surface area contributed by atoms with Gasteiger partial charge in [0.25, 0.3) is 5.91 Å². The van der Waals surface area contributed by atoms with E-state index in [4.69, 9.17) is 0 Å². The third-order valence-electron chi connectivity index (χ3n) is 5.77. The van der Waals surface area contributed by atoms with Gasteiger partial charge in [0.2, 0.25) is 0 Å². The molecule has 1 aliphatic heterocycles. The van der Waals surface area contributed by atoms with E-state index < -0.39 is 6.10 Å². The first-order valence-electron chi connectivity index (χ1n) is 9.31. The number of aryl methyl sites for hydroxylation is 1. The number of nitrogens with one attached hydrogen (secondary N) is 1. The summed E-state index contributed by atoms with van der Waals surface area (Å²) in [4.78, 5) is 23.1. The van der Waals surface area contributed by atoms with Crippen molar-refractivity contribution in [2.45, 2.75) is 31.9 Å². The van der Waals surface area contributed by atoms with Crippen molar-refractivity contribution in [1.29, 1.82) is 0 Å². The number of carbonyl (C=O) groups excluding carboxylic acids is 1. The average molecular weight is 368 g/mol. The topological polar surface area (TPSA) is 98.6 Å². The van der Waals surface area contributed by atoms with Crippen LogP contribution in [0.4, 0.5) is 5.82 Å². The molecule has 2 fully saturated rings. The minimum atomic E-state index is -0.473. The predicted molar refractivity (Wildman–Crippen MR) is 100 cm³/mol. The molecule has 2 aliphatic rings. The minimum absolute atomic E-state index is 0.00479. The van der Waals surface area contributed by atoms with Crippen molar-refractivity contribution in [2.24, 2.45) is 11.8 Å². The van der Waals surface area contributed by atoms with E-state index in [1.54, 1.807) is 36.8 Å². The van der Waals surface area contributed by atoms with E-state index in [0.717, 1.165) is 12.0 Å². The van der Waals surface area contributed by atoms with Gasteiger partial charge in [0.05, 0.1) is 18.3 Å². The Morgan fingerprint density at radius 1 is 1.22 bits per heavy atom. The Balaban J connectivity index is 1.44. The van der Waals surface area contributed by atoms with Crippen molar-refractivity contribution in [3.63, 3.8) is 0 Å². The van der Waals surface area contributed by atoms with E-state index in [9.17, 15) is 15.0 Å². The second kappa shape index (κ2) is 7.15. The fourth-order valence-electron chi connectivity index (χ4n) is 4.37. The van der Waals surface area contributed by atoms with Crippen molar-refractivity contribution < 1.29 is 15.0 Å². The summed E-state index contributed by atoms with van der Waals surface area (Å²) in [5.74, 6) is 1.48. The van der Waals surface area contributed by atoms with Gasteiger partial charge in [-0.25, -0.2) is 4.98 Å². The fourth-order valence-corrected chi connectivity index (χ4v) is 4.37. The van der Waals surface area contributed by atoms with Crippen LogP contribution < -0.4 is 5.32 Å². The maximum absolute atomic E-state index is 12.9. The van der Waals surface area contributed by atoms with Crippen LogP contribution in [0.5, 0.6) is 5.75 Å². The monoisotopic (exact) mass is 368 g/mol. The Labute approximate surface area is 158 Å². The quantitative estimate of drug-likeness (QED) is 0.764. The normalized spacial score (nSPS) is 27.3. The van der Waals surface area contributed by atoms with Crippen molar-refractivity contribution in [3.8, 4) is 5.75 Å². The van der Waals surface area contributed by atoms with Crippen molar-refractivity contribution in [2.75, 3.05) is 18.4 Å². The lowest BCUT2D eigenvalue weighted by molar-refractivity contribution is 0.0727. The molecule has 2 heterocycles. The molecule has 2 aromatic rings. The number of aliphatic hydroxyl groups excluding tert-OH is 1. The molecule has 1 aromatic heterocycles. The summed E-state index contributed by atoms with van der Waals surface area (Å²) < 4.78 is 0. The van der Waals surface area contributed by atoms with Crippen molar-refractivity contribution in [1.82, 2.24) is 14.9 Å². The third-order valence-corrected chi connectivity index (χ3v) is 5.77. The number of carbonyl (C=O) groups is 1. The Hall–Kier alpha value is -2.67. The summed E-state index contributed by atoms with van der Waals surface area (Å²) in [6.45, 7) is 3.19. The van der Waals surface area contributed by atoms with Crippen LogP contribution in [-0.4, -0.2) is 56.2 Å². The van der Waals surface area contributed by atoms with Crippen LogP contribution in [0.15, 0.2) is 36.8 Å². The Kier molecular flexibility index (Phi) is 4.70. The number of amides is 1. The third kappa shape index (κ3) is 3.60. The van der Waals surface area contributed by atoms with E-state index in [2.05, 4.69) is 15.3 Å². The second-order valence-corrected chi connectivity index (χ2v) is 7.61. The first kappa shape index (κ1) is 17.7. The Bertz CT molecular complexity index is 829. The number of likely N-dealkylation sites (tertiary alicyclic amines) is 1. The van der Waals surface area contributed by atoms with Crippen LogP contribution in [0.1, 0.15) is 28.8 Å². The van der Waals surface area contributed by atoms with Crippen molar-refractivity contribution >= 4 is 11.7 Å². The van der Waals surface area contributed by atoms with Crippen LogP contribution in [0, 0.1) is 18.8 Å². The molecule has 1 amide bonds. The molecule has 3 N–H and O–H groups in total. The highest BCUT2D eigenvalue weighted by molar-refractivity contribution is 5.96. The standard InChI is InChI=1S/C20H24N4O3/c1-12-6-15(25)2-3-16(12)20(27)24-10-13-7-17(18(26)8-14(13)11-24)23-19-9-21-4-5-22-19/h2-6,9,13-14,17-18,25-26H,7-8,10-11H2,1H3,(H,22,23)/t13-,14+,17-,18-/m1/s1. The molecule has 4 atom stereocenters. The maximum atomic E-state index is 12.9. The summed E-state index contributed by atoms with van der Waals surface area (Å²) >= 11 is 0. The highest BCUT2D eigenvalue weighted by Crippen LogP contribution is 2.38. The zero-order valence-corrected chi connectivity index (χ0v) is 15.2. The lowest BCUT2D eigenvalue weighted by Gasteiger charge is -2.35. The van der Waals surface area contributed by atoms with Crippen LogP contribution in [0.25, 0.3) is 0 Å². The SMILES string of the molecule is Cc1cc(O)ccc1C(=O)N1C[C@H]2C[C@@H](Nc3cnccn3)[C@H](O)C[C@H]2C1. The van der Waals surface area contributed by atoms with Crippen LogP contribution in [0.2, 0.25) is 0 Å². The summed E-state index contributed by atoms with van der Waals surface area (Å²) in [5, 5.41) is 23.4. The van der Waals surface area contributed by atoms with Gasteiger partial charge in [0.1, 0.15) is 11.6 Å². The van der Waals surface area contributed by atoms with E-state index in [1.807, 2.05) is 11.8 Å². The number of phenols is 1. The molecule has 1 aromatic carbocycles. The van der Waals surface area contributed by atoms with Crippen LogP contribution >= 0.6 is 0 Å². The maximum Gasteiger partial charge on any atom is 0.254 e. The zero-order chi connectivity index (χ0) is 19.0. The lowest BCUT2D eigenvalue weighted by atomic mass is 9.77. The molecule has 0 bridgehead atoms. The van der Waals surface area contributed by atoms with Gasteiger partial charge in [0, 0.05) is 31.0 Å². The number of fused-ring (bicyclic) bond motifs is 1. The smallest absolute Gasteiger partial charge is 0.254 e. The molecule has 7 nitrogen and oxygen atoms in total. The number of phenolic OH excluding ortho intramolecular Hbond substituents is 1.